The molecular formula is C9H11ClN2. The fourth-order valence-corrected chi connectivity index (χ4v) is 1.66. The third kappa shape index (κ3) is 1.61. The largest absolute Gasteiger partial charge is 0.257 e. The molecule has 0 amide bonds. The Morgan fingerprint density at radius 2 is 2.00 bits per heavy atom. The lowest BCUT2D eigenvalue weighted by Gasteiger charge is -2.06. The standard InChI is InChI=1S/C9H11ClN2/c10-9-3-1-2-7(4-9)8-5-11-12-6-8/h1-4,8,11-12H,5-6H2. The fourth-order valence-electron chi connectivity index (χ4n) is 1.46. The highest BCUT2D eigenvalue weighted by molar-refractivity contribution is 6.30. The molecule has 0 aliphatic carbocycles. The molecule has 2 N–H and O–H groups in total. The van der Waals surface area contributed by atoms with E-state index in [2.05, 4.69) is 16.9 Å². The van der Waals surface area contributed by atoms with E-state index in [1.807, 2.05) is 18.2 Å². The molecule has 0 radical (unpaired) electrons. The van der Waals surface area contributed by atoms with Crippen LogP contribution in [0.5, 0.6) is 0 Å². The zero-order chi connectivity index (χ0) is 8.39. The van der Waals surface area contributed by atoms with Gasteiger partial charge in [-0.25, -0.2) is 0 Å². The highest BCUT2D eigenvalue weighted by Crippen LogP contribution is 2.19. The quantitative estimate of drug-likeness (QED) is 0.689. The number of hydrazine groups is 1. The van der Waals surface area contributed by atoms with Crippen molar-refractivity contribution in [2.45, 2.75) is 5.92 Å². The van der Waals surface area contributed by atoms with Gasteiger partial charge in [0, 0.05) is 24.0 Å². The van der Waals surface area contributed by atoms with Crippen LogP contribution in [0.1, 0.15) is 11.5 Å². The van der Waals surface area contributed by atoms with Crippen molar-refractivity contribution in [1.82, 2.24) is 10.9 Å². The SMILES string of the molecule is Clc1cccc(C2CNNC2)c1. The molecule has 1 fully saturated rings. The molecule has 1 saturated heterocycles. The molecule has 2 rings (SSSR count). The van der Waals surface area contributed by atoms with Gasteiger partial charge in [0.25, 0.3) is 0 Å². The minimum absolute atomic E-state index is 0.559. The molecule has 1 heterocycles. The number of hydrogen-bond acceptors (Lipinski definition) is 2. The first-order valence-corrected chi connectivity index (χ1v) is 4.45. The van der Waals surface area contributed by atoms with Gasteiger partial charge in [-0.3, -0.25) is 10.9 Å². The van der Waals surface area contributed by atoms with E-state index in [1.54, 1.807) is 0 Å². The monoisotopic (exact) mass is 182 g/mol. The Hall–Kier alpha value is -0.570. The van der Waals surface area contributed by atoms with E-state index >= 15 is 0 Å². The highest BCUT2D eigenvalue weighted by atomic mass is 35.5. The number of hydrogen-bond donors (Lipinski definition) is 2. The lowest BCUT2D eigenvalue weighted by atomic mass is 10.0. The van der Waals surface area contributed by atoms with E-state index in [9.17, 15) is 0 Å². The molecule has 3 heteroatoms. The number of rotatable bonds is 1. The second kappa shape index (κ2) is 3.44. The zero-order valence-electron chi connectivity index (χ0n) is 6.68. The maximum absolute atomic E-state index is 5.88. The van der Waals surface area contributed by atoms with Crippen LogP contribution in [-0.2, 0) is 0 Å². The lowest BCUT2D eigenvalue weighted by molar-refractivity contribution is 0.689. The molecule has 2 nitrogen and oxygen atoms in total. The summed E-state index contributed by atoms with van der Waals surface area (Å²) in [5.41, 5.74) is 7.50. The molecule has 1 aromatic rings. The second-order valence-corrected chi connectivity index (χ2v) is 3.45. The van der Waals surface area contributed by atoms with E-state index < -0.39 is 0 Å². The zero-order valence-corrected chi connectivity index (χ0v) is 7.43. The third-order valence-electron chi connectivity index (χ3n) is 2.14. The fraction of sp³-hybridized carbons (Fsp3) is 0.333. The Bertz CT molecular complexity index is 269. The number of nitrogens with one attached hydrogen (secondary N) is 2. The summed E-state index contributed by atoms with van der Waals surface area (Å²) in [6.07, 6.45) is 0. The number of benzene rings is 1. The third-order valence-corrected chi connectivity index (χ3v) is 2.38. The Kier molecular flexibility index (Phi) is 2.30. The minimum Gasteiger partial charge on any atom is -0.257 e. The van der Waals surface area contributed by atoms with E-state index in [1.165, 1.54) is 5.56 Å². The summed E-state index contributed by atoms with van der Waals surface area (Å²) in [5, 5.41) is 0.819. The first-order valence-electron chi connectivity index (χ1n) is 4.07. The maximum Gasteiger partial charge on any atom is 0.0408 e. The van der Waals surface area contributed by atoms with Gasteiger partial charge in [0.15, 0.2) is 0 Å². The van der Waals surface area contributed by atoms with Crippen molar-refractivity contribution >= 4 is 11.6 Å². The van der Waals surface area contributed by atoms with E-state index in [0.29, 0.717) is 5.92 Å². The van der Waals surface area contributed by atoms with Gasteiger partial charge in [0.1, 0.15) is 0 Å². The van der Waals surface area contributed by atoms with Crippen LogP contribution in [0.3, 0.4) is 0 Å². The van der Waals surface area contributed by atoms with Crippen LogP contribution in [0.2, 0.25) is 5.02 Å². The second-order valence-electron chi connectivity index (χ2n) is 3.01. The maximum atomic E-state index is 5.88. The van der Waals surface area contributed by atoms with Crippen LogP contribution in [-0.4, -0.2) is 13.1 Å². The Morgan fingerprint density at radius 1 is 1.25 bits per heavy atom. The molecule has 0 aromatic heterocycles. The van der Waals surface area contributed by atoms with Gasteiger partial charge in [-0.15, -0.1) is 0 Å². The molecule has 64 valence electrons. The molecule has 1 aliphatic rings. The summed E-state index contributed by atoms with van der Waals surface area (Å²) in [5.74, 6) is 0.559. The summed E-state index contributed by atoms with van der Waals surface area (Å²) >= 11 is 5.88. The van der Waals surface area contributed by atoms with Crippen LogP contribution in [0.25, 0.3) is 0 Å². The predicted molar refractivity (Wildman–Crippen MR) is 50.2 cm³/mol. The van der Waals surface area contributed by atoms with Crippen molar-refractivity contribution in [3.8, 4) is 0 Å². The summed E-state index contributed by atoms with van der Waals surface area (Å²) in [6.45, 7) is 1.97. The highest BCUT2D eigenvalue weighted by Gasteiger charge is 2.15. The van der Waals surface area contributed by atoms with Gasteiger partial charge in [-0.2, -0.15) is 0 Å². The predicted octanol–water partition coefficient (Wildman–Crippen LogP) is 1.53. The summed E-state index contributed by atoms with van der Waals surface area (Å²) in [4.78, 5) is 0. The van der Waals surface area contributed by atoms with Crippen LogP contribution in [0.15, 0.2) is 24.3 Å². The van der Waals surface area contributed by atoms with Crippen molar-refractivity contribution in [3.63, 3.8) is 0 Å². The molecule has 0 saturated carbocycles. The molecule has 12 heavy (non-hydrogen) atoms. The van der Waals surface area contributed by atoms with Gasteiger partial charge in [-0.05, 0) is 17.7 Å². The van der Waals surface area contributed by atoms with Crippen molar-refractivity contribution in [2.24, 2.45) is 0 Å². The Balaban J connectivity index is 2.21. The van der Waals surface area contributed by atoms with Gasteiger partial charge in [0.2, 0.25) is 0 Å². The number of halogens is 1. The summed E-state index contributed by atoms with van der Waals surface area (Å²) in [6, 6.07) is 8.04. The molecule has 1 aliphatic heterocycles. The summed E-state index contributed by atoms with van der Waals surface area (Å²) in [7, 11) is 0. The average Bonchev–Trinajstić information content (AvgIpc) is 2.56. The molecule has 0 atom stereocenters. The molecule has 0 spiro atoms. The lowest BCUT2D eigenvalue weighted by Crippen LogP contribution is -2.21. The summed E-state index contributed by atoms with van der Waals surface area (Å²) < 4.78 is 0. The van der Waals surface area contributed by atoms with Crippen molar-refractivity contribution in [2.75, 3.05) is 13.1 Å². The van der Waals surface area contributed by atoms with E-state index in [4.69, 9.17) is 11.6 Å². The van der Waals surface area contributed by atoms with Gasteiger partial charge < -0.3 is 0 Å². The molecule has 0 unspecified atom stereocenters. The van der Waals surface area contributed by atoms with Gasteiger partial charge in [-0.1, -0.05) is 23.7 Å². The van der Waals surface area contributed by atoms with Gasteiger partial charge >= 0.3 is 0 Å². The van der Waals surface area contributed by atoms with Crippen molar-refractivity contribution < 1.29 is 0 Å². The molecular weight excluding hydrogens is 172 g/mol. The minimum atomic E-state index is 0.559. The van der Waals surface area contributed by atoms with Crippen molar-refractivity contribution in [1.29, 1.82) is 0 Å². The van der Waals surface area contributed by atoms with Crippen LogP contribution >= 0.6 is 11.6 Å². The van der Waals surface area contributed by atoms with Crippen LogP contribution in [0.4, 0.5) is 0 Å². The first kappa shape index (κ1) is 8.05. The molecule has 0 bridgehead atoms. The van der Waals surface area contributed by atoms with Crippen LogP contribution in [0, 0.1) is 0 Å². The topological polar surface area (TPSA) is 24.1 Å². The van der Waals surface area contributed by atoms with Gasteiger partial charge in [0.05, 0.1) is 0 Å². The van der Waals surface area contributed by atoms with E-state index in [-0.39, 0.29) is 0 Å². The Morgan fingerprint density at radius 3 is 2.67 bits per heavy atom. The first-order chi connectivity index (χ1) is 5.86. The Labute approximate surface area is 76.9 Å². The van der Waals surface area contributed by atoms with Crippen LogP contribution < -0.4 is 10.9 Å². The normalized spacial score (nSPS) is 18.4. The average molecular weight is 183 g/mol. The van der Waals surface area contributed by atoms with Crippen molar-refractivity contribution in [3.05, 3.63) is 34.9 Å². The smallest absolute Gasteiger partial charge is 0.0408 e. The molecule has 1 aromatic carbocycles. The van der Waals surface area contributed by atoms with E-state index in [0.717, 1.165) is 18.1 Å².